The molecule has 0 fully saturated rings. The van der Waals surface area contributed by atoms with Gasteiger partial charge in [-0.25, -0.2) is 4.98 Å². The number of pyridine rings is 1. The predicted octanol–water partition coefficient (Wildman–Crippen LogP) is 3.23. The van der Waals surface area contributed by atoms with Crippen molar-refractivity contribution in [2.75, 3.05) is 12.3 Å². The topological polar surface area (TPSA) is 71.9 Å². The molecule has 5 heteroatoms. The molecule has 0 atom stereocenters. The van der Waals surface area contributed by atoms with Crippen LogP contribution in [0.1, 0.15) is 18.2 Å². The molecule has 0 saturated heterocycles. The summed E-state index contributed by atoms with van der Waals surface area (Å²) in [6.07, 6.45) is 1.62. The fourth-order valence-electron chi connectivity index (χ4n) is 1.71. The van der Waals surface area contributed by atoms with Crippen LogP contribution in [0.15, 0.2) is 41.4 Å². The van der Waals surface area contributed by atoms with E-state index >= 15 is 0 Å². The largest absolute Gasteiger partial charge is 0.494 e. The average molecular weight is 285 g/mol. The second-order valence-electron chi connectivity index (χ2n) is 4.04. The molecule has 0 amide bonds. The first-order chi connectivity index (χ1) is 9.74. The van der Waals surface area contributed by atoms with Crippen LogP contribution in [0, 0.1) is 11.3 Å². The van der Waals surface area contributed by atoms with Crippen LogP contribution in [0.3, 0.4) is 0 Å². The van der Waals surface area contributed by atoms with Crippen molar-refractivity contribution in [1.82, 2.24) is 4.98 Å². The van der Waals surface area contributed by atoms with Crippen molar-refractivity contribution in [3.05, 3.63) is 47.8 Å². The lowest BCUT2D eigenvalue weighted by atomic mass is 10.2. The molecule has 1 aromatic heterocycles. The van der Waals surface area contributed by atoms with Gasteiger partial charge in [0.05, 0.1) is 6.61 Å². The number of rotatable bonds is 5. The molecule has 0 saturated carbocycles. The summed E-state index contributed by atoms with van der Waals surface area (Å²) in [6, 6.07) is 11.4. The minimum absolute atomic E-state index is 0.458. The molecule has 1 heterocycles. The Labute approximate surface area is 122 Å². The Hall–Kier alpha value is -2.19. The predicted molar refractivity (Wildman–Crippen MR) is 80.5 cm³/mol. The van der Waals surface area contributed by atoms with Crippen molar-refractivity contribution in [3.8, 4) is 11.8 Å². The van der Waals surface area contributed by atoms with Crippen LogP contribution in [0.5, 0.6) is 5.75 Å². The minimum Gasteiger partial charge on any atom is -0.494 e. The standard InChI is InChI=1S/C15H15N3OS/c1-2-19-12-5-6-13(17)15(8-12)20-10-11-4-3-7-18-14(11)9-16/h3-8H,2,10,17H2,1H3. The van der Waals surface area contributed by atoms with Gasteiger partial charge in [-0.3, -0.25) is 0 Å². The molecule has 0 bridgehead atoms. The Morgan fingerprint density at radius 3 is 3.00 bits per heavy atom. The third-order valence-corrected chi connectivity index (χ3v) is 3.80. The van der Waals surface area contributed by atoms with Gasteiger partial charge in [-0.1, -0.05) is 6.07 Å². The maximum Gasteiger partial charge on any atom is 0.144 e. The number of benzene rings is 1. The summed E-state index contributed by atoms with van der Waals surface area (Å²) < 4.78 is 5.46. The van der Waals surface area contributed by atoms with Gasteiger partial charge in [0.25, 0.3) is 0 Å². The van der Waals surface area contributed by atoms with Gasteiger partial charge in [0.1, 0.15) is 17.5 Å². The van der Waals surface area contributed by atoms with Gasteiger partial charge in [-0.2, -0.15) is 5.26 Å². The van der Waals surface area contributed by atoms with E-state index in [9.17, 15) is 0 Å². The monoisotopic (exact) mass is 285 g/mol. The summed E-state index contributed by atoms with van der Waals surface area (Å²) in [7, 11) is 0. The summed E-state index contributed by atoms with van der Waals surface area (Å²) in [6.45, 7) is 2.56. The molecule has 0 aliphatic rings. The van der Waals surface area contributed by atoms with Crippen LogP contribution in [0.2, 0.25) is 0 Å². The first-order valence-electron chi connectivity index (χ1n) is 6.23. The number of thioether (sulfide) groups is 1. The SMILES string of the molecule is CCOc1ccc(N)c(SCc2cccnc2C#N)c1. The van der Waals surface area contributed by atoms with E-state index in [1.165, 1.54) is 0 Å². The Kier molecular flexibility index (Phi) is 4.85. The van der Waals surface area contributed by atoms with Gasteiger partial charge in [0.15, 0.2) is 0 Å². The summed E-state index contributed by atoms with van der Waals surface area (Å²) in [5.41, 5.74) is 8.03. The highest BCUT2D eigenvalue weighted by Gasteiger charge is 2.06. The molecule has 2 aromatic rings. The van der Waals surface area contributed by atoms with Crippen LogP contribution < -0.4 is 10.5 Å². The molecule has 2 rings (SSSR count). The molecule has 4 nitrogen and oxygen atoms in total. The van der Waals surface area contributed by atoms with E-state index in [1.54, 1.807) is 18.0 Å². The van der Waals surface area contributed by atoms with E-state index in [4.69, 9.17) is 15.7 Å². The maximum absolute atomic E-state index is 9.02. The minimum atomic E-state index is 0.458. The second kappa shape index (κ2) is 6.83. The van der Waals surface area contributed by atoms with Crippen molar-refractivity contribution in [3.63, 3.8) is 0 Å². The van der Waals surface area contributed by atoms with Crippen LogP contribution in [-0.4, -0.2) is 11.6 Å². The second-order valence-corrected chi connectivity index (χ2v) is 5.06. The molecule has 0 unspecified atom stereocenters. The van der Waals surface area contributed by atoms with Crippen LogP contribution in [0.4, 0.5) is 5.69 Å². The highest BCUT2D eigenvalue weighted by molar-refractivity contribution is 7.98. The van der Waals surface area contributed by atoms with Crippen molar-refractivity contribution in [2.45, 2.75) is 17.6 Å². The zero-order valence-electron chi connectivity index (χ0n) is 11.2. The van der Waals surface area contributed by atoms with Crippen molar-refractivity contribution >= 4 is 17.4 Å². The number of aromatic nitrogens is 1. The summed E-state index contributed by atoms with van der Waals surface area (Å²) in [5.74, 6) is 1.45. The first-order valence-corrected chi connectivity index (χ1v) is 7.22. The third-order valence-electron chi connectivity index (χ3n) is 2.68. The number of nitriles is 1. The van der Waals surface area contributed by atoms with Crippen molar-refractivity contribution < 1.29 is 4.74 Å². The molecular weight excluding hydrogens is 270 g/mol. The van der Waals surface area contributed by atoms with Gasteiger partial charge >= 0.3 is 0 Å². The number of nitrogens with two attached hydrogens (primary N) is 1. The van der Waals surface area contributed by atoms with Gasteiger partial charge in [0, 0.05) is 22.5 Å². The molecule has 20 heavy (non-hydrogen) atoms. The molecule has 0 aliphatic carbocycles. The van der Waals surface area contributed by atoms with E-state index < -0.39 is 0 Å². The zero-order chi connectivity index (χ0) is 14.4. The van der Waals surface area contributed by atoms with Crippen molar-refractivity contribution in [1.29, 1.82) is 5.26 Å². The van der Waals surface area contributed by atoms with Crippen molar-refractivity contribution in [2.24, 2.45) is 0 Å². The smallest absolute Gasteiger partial charge is 0.144 e. The molecule has 0 aliphatic heterocycles. The summed E-state index contributed by atoms with van der Waals surface area (Å²) in [5, 5.41) is 9.02. The number of ether oxygens (including phenoxy) is 1. The molecule has 102 valence electrons. The number of anilines is 1. The van der Waals surface area contributed by atoms with Gasteiger partial charge in [-0.05, 0) is 36.8 Å². The number of hydrogen-bond donors (Lipinski definition) is 1. The number of nitrogen functional groups attached to an aromatic ring is 1. The molecular formula is C15H15N3OS. The maximum atomic E-state index is 9.02. The third kappa shape index (κ3) is 3.43. The van der Waals surface area contributed by atoms with E-state index in [2.05, 4.69) is 11.1 Å². The van der Waals surface area contributed by atoms with Crippen LogP contribution in [0.25, 0.3) is 0 Å². The number of hydrogen-bond acceptors (Lipinski definition) is 5. The van der Waals surface area contributed by atoms with E-state index in [1.807, 2.05) is 37.3 Å². The number of nitrogens with zero attached hydrogens (tertiary/aromatic N) is 2. The Morgan fingerprint density at radius 1 is 1.40 bits per heavy atom. The lowest BCUT2D eigenvalue weighted by molar-refractivity contribution is 0.339. The molecule has 2 N–H and O–H groups in total. The average Bonchev–Trinajstić information content (AvgIpc) is 2.48. The Bertz CT molecular complexity index is 637. The van der Waals surface area contributed by atoms with E-state index in [0.717, 1.165) is 16.2 Å². The van der Waals surface area contributed by atoms with Gasteiger partial charge < -0.3 is 10.5 Å². The Morgan fingerprint density at radius 2 is 2.25 bits per heavy atom. The Balaban J connectivity index is 2.14. The summed E-state index contributed by atoms with van der Waals surface area (Å²) >= 11 is 1.57. The quantitative estimate of drug-likeness (QED) is 0.674. The van der Waals surface area contributed by atoms with E-state index in [0.29, 0.717) is 23.7 Å². The lowest BCUT2D eigenvalue weighted by Gasteiger charge is -2.09. The zero-order valence-corrected chi connectivity index (χ0v) is 12.0. The fourth-order valence-corrected chi connectivity index (χ4v) is 2.69. The van der Waals surface area contributed by atoms with Crippen LogP contribution >= 0.6 is 11.8 Å². The summed E-state index contributed by atoms with van der Waals surface area (Å²) in [4.78, 5) is 5.00. The van der Waals surface area contributed by atoms with Gasteiger partial charge in [-0.15, -0.1) is 11.8 Å². The highest BCUT2D eigenvalue weighted by atomic mass is 32.2. The normalized spacial score (nSPS) is 10.0. The van der Waals surface area contributed by atoms with Crippen LogP contribution in [-0.2, 0) is 5.75 Å². The fraction of sp³-hybridized carbons (Fsp3) is 0.200. The highest BCUT2D eigenvalue weighted by Crippen LogP contribution is 2.31. The van der Waals surface area contributed by atoms with E-state index in [-0.39, 0.29) is 0 Å². The van der Waals surface area contributed by atoms with Gasteiger partial charge in [0.2, 0.25) is 0 Å². The first kappa shape index (κ1) is 14.2. The lowest BCUT2D eigenvalue weighted by Crippen LogP contribution is -1.95. The molecule has 0 radical (unpaired) electrons. The molecule has 0 spiro atoms. The molecule has 1 aromatic carbocycles.